The molecule has 0 bridgehead atoms. The van der Waals surface area contributed by atoms with Crippen molar-refractivity contribution in [2.24, 2.45) is 0 Å². The Morgan fingerprint density at radius 2 is 1.38 bits per heavy atom. The van der Waals surface area contributed by atoms with Crippen molar-refractivity contribution in [2.45, 2.75) is 0 Å². The fraction of sp³-hybridized carbons (Fsp3) is 0.0625. The lowest BCUT2D eigenvalue weighted by Gasteiger charge is -2.08. The molecule has 0 aliphatic heterocycles. The van der Waals surface area contributed by atoms with E-state index in [1.807, 2.05) is 0 Å². The first-order chi connectivity index (χ1) is 11.4. The lowest BCUT2D eigenvalue weighted by molar-refractivity contribution is -0.136. The average molecular weight is 411 g/mol. The number of hydrogen-bond donors (Lipinski definition) is 3. The van der Waals surface area contributed by atoms with E-state index in [1.54, 1.807) is 48.5 Å². The van der Waals surface area contributed by atoms with Gasteiger partial charge in [0.1, 0.15) is 0 Å². The lowest BCUT2D eigenvalue weighted by atomic mass is 10.3. The predicted octanol–water partition coefficient (Wildman–Crippen LogP) is 2.80. The van der Waals surface area contributed by atoms with Gasteiger partial charge in [0.25, 0.3) is 0 Å². The number of benzene rings is 2. The third-order valence-corrected chi connectivity index (χ3v) is 3.63. The summed E-state index contributed by atoms with van der Waals surface area (Å²) in [7, 11) is 0. The Bertz CT molecular complexity index is 748. The summed E-state index contributed by atoms with van der Waals surface area (Å²) in [5.41, 5.74) is 1.02. The van der Waals surface area contributed by atoms with Crippen LogP contribution < -0.4 is 16.0 Å². The van der Waals surface area contributed by atoms with Crippen molar-refractivity contribution in [3.8, 4) is 0 Å². The van der Waals surface area contributed by atoms with Gasteiger partial charge < -0.3 is 16.0 Å². The molecule has 0 spiro atoms. The summed E-state index contributed by atoms with van der Waals surface area (Å²) in [4.78, 5) is 35.1. The van der Waals surface area contributed by atoms with Crippen LogP contribution in [0.3, 0.4) is 0 Å². The zero-order valence-corrected chi connectivity index (χ0v) is 14.6. The molecular formula is C16H13BrClN3O3. The third-order valence-electron chi connectivity index (χ3n) is 2.85. The Kier molecular flexibility index (Phi) is 6.34. The van der Waals surface area contributed by atoms with Crippen LogP contribution in [-0.2, 0) is 14.4 Å². The van der Waals surface area contributed by atoms with Gasteiger partial charge in [0, 0.05) is 20.9 Å². The maximum Gasteiger partial charge on any atom is 0.313 e. The summed E-state index contributed by atoms with van der Waals surface area (Å²) in [6.07, 6.45) is 0. The monoisotopic (exact) mass is 409 g/mol. The maximum absolute atomic E-state index is 11.7. The summed E-state index contributed by atoms with van der Waals surface area (Å²) < 4.78 is 0.882. The van der Waals surface area contributed by atoms with E-state index >= 15 is 0 Å². The van der Waals surface area contributed by atoms with Gasteiger partial charge in [-0.05, 0) is 48.5 Å². The van der Waals surface area contributed by atoms with E-state index in [0.29, 0.717) is 16.4 Å². The highest BCUT2D eigenvalue weighted by Gasteiger charge is 2.14. The van der Waals surface area contributed by atoms with Gasteiger partial charge in [0.15, 0.2) is 0 Å². The van der Waals surface area contributed by atoms with Crippen LogP contribution in [0.4, 0.5) is 11.4 Å². The van der Waals surface area contributed by atoms with E-state index in [0.717, 1.165) is 4.47 Å². The summed E-state index contributed by atoms with van der Waals surface area (Å²) in [5, 5.41) is 7.76. The first kappa shape index (κ1) is 18.0. The van der Waals surface area contributed by atoms with Gasteiger partial charge in [-0.15, -0.1) is 0 Å². The predicted molar refractivity (Wildman–Crippen MR) is 95.9 cm³/mol. The van der Waals surface area contributed by atoms with E-state index < -0.39 is 17.7 Å². The molecule has 0 saturated carbocycles. The second-order valence-electron chi connectivity index (χ2n) is 4.70. The highest BCUT2D eigenvalue weighted by molar-refractivity contribution is 9.10. The van der Waals surface area contributed by atoms with Crippen LogP contribution in [0.15, 0.2) is 53.0 Å². The molecule has 0 unspecified atom stereocenters. The second-order valence-corrected chi connectivity index (χ2v) is 6.05. The van der Waals surface area contributed by atoms with Gasteiger partial charge >= 0.3 is 11.8 Å². The quantitative estimate of drug-likeness (QED) is 0.677. The molecule has 2 rings (SSSR count). The summed E-state index contributed by atoms with van der Waals surface area (Å²) >= 11 is 9.02. The standard InChI is InChI=1S/C16H13BrClN3O3/c17-10-1-5-12(6-2-10)20-14(22)9-19-15(23)16(24)21-13-7-3-11(18)4-8-13/h1-8H,9H2,(H,19,23)(H,20,22)(H,21,24). The molecule has 6 nitrogen and oxygen atoms in total. The van der Waals surface area contributed by atoms with Crippen LogP contribution in [0.1, 0.15) is 0 Å². The first-order valence-corrected chi connectivity index (χ1v) is 8.01. The smallest absolute Gasteiger partial charge is 0.313 e. The summed E-state index contributed by atoms with van der Waals surface area (Å²) in [6.45, 7) is -0.317. The van der Waals surface area contributed by atoms with Gasteiger partial charge in [-0.25, -0.2) is 0 Å². The number of nitrogens with one attached hydrogen (secondary N) is 3. The van der Waals surface area contributed by atoms with Crippen molar-refractivity contribution in [1.29, 1.82) is 0 Å². The number of halogens is 2. The molecule has 0 heterocycles. The molecule has 3 amide bonds. The molecule has 24 heavy (non-hydrogen) atoms. The fourth-order valence-corrected chi connectivity index (χ4v) is 2.09. The largest absolute Gasteiger partial charge is 0.339 e. The Morgan fingerprint density at radius 3 is 2.00 bits per heavy atom. The van der Waals surface area contributed by atoms with Crippen molar-refractivity contribution in [3.05, 3.63) is 58.0 Å². The minimum Gasteiger partial charge on any atom is -0.339 e. The van der Waals surface area contributed by atoms with Crippen molar-refractivity contribution in [3.63, 3.8) is 0 Å². The number of carbonyl (C=O) groups is 3. The van der Waals surface area contributed by atoms with Crippen molar-refractivity contribution in [2.75, 3.05) is 17.2 Å². The number of carbonyl (C=O) groups excluding carboxylic acids is 3. The summed E-state index contributed by atoms with van der Waals surface area (Å²) in [5.74, 6) is -2.21. The van der Waals surface area contributed by atoms with Crippen molar-refractivity contribution in [1.82, 2.24) is 5.32 Å². The highest BCUT2D eigenvalue weighted by Crippen LogP contribution is 2.14. The topological polar surface area (TPSA) is 87.3 Å². The van der Waals surface area contributed by atoms with E-state index in [-0.39, 0.29) is 6.54 Å². The lowest BCUT2D eigenvalue weighted by Crippen LogP contribution is -2.39. The van der Waals surface area contributed by atoms with Crippen LogP contribution in [0.2, 0.25) is 5.02 Å². The number of anilines is 2. The molecule has 0 fully saturated rings. The van der Waals surface area contributed by atoms with Crippen LogP contribution in [0, 0.1) is 0 Å². The molecule has 2 aromatic carbocycles. The van der Waals surface area contributed by atoms with Gasteiger partial charge in [-0.1, -0.05) is 27.5 Å². The Labute approximate surface area is 151 Å². The molecule has 0 saturated heterocycles. The van der Waals surface area contributed by atoms with Gasteiger partial charge in [0.05, 0.1) is 6.54 Å². The molecule has 0 aliphatic carbocycles. The highest BCUT2D eigenvalue weighted by atomic mass is 79.9. The zero-order valence-electron chi connectivity index (χ0n) is 12.3. The van der Waals surface area contributed by atoms with Crippen LogP contribution in [0.25, 0.3) is 0 Å². The zero-order chi connectivity index (χ0) is 17.5. The van der Waals surface area contributed by atoms with E-state index in [2.05, 4.69) is 31.9 Å². The van der Waals surface area contributed by atoms with Crippen LogP contribution in [0.5, 0.6) is 0 Å². The van der Waals surface area contributed by atoms with Crippen LogP contribution >= 0.6 is 27.5 Å². The molecule has 0 aromatic heterocycles. The Hall–Kier alpha value is -2.38. The van der Waals surface area contributed by atoms with E-state index in [1.165, 1.54) is 0 Å². The molecule has 124 valence electrons. The molecular weight excluding hydrogens is 398 g/mol. The van der Waals surface area contributed by atoms with Gasteiger partial charge in [-0.3, -0.25) is 14.4 Å². The number of amides is 3. The normalized spacial score (nSPS) is 9.92. The maximum atomic E-state index is 11.7. The van der Waals surface area contributed by atoms with E-state index in [4.69, 9.17) is 11.6 Å². The SMILES string of the molecule is O=C(CNC(=O)C(=O)Nc1ccc(Cl)cc1)Nc1ccc(Br)cc1. The molecule has 0 radical (unpaired) electrons. The molecule has 0 aliphatic rings. The first-order valence-electron chi connectivity index (χ1n) is 6.84. The second kappa shape index (κ2) is 8.47. The van der Waals surface area contributed by atoms with Crippen molar-refractivity contribution >= 4 is 56.6 Å². The van der Waals surface area contributed by atoms with Gasteiger partial charge in [0.2, 0.25) is 5.91 Å². The fourth-order valence-electron chi connectivity index (χ4n) is 1.70. The molecule has 2 aromatic rings. The Balaban J connectivity index is 1.79. The average Bonchev–Trinajstić information content (AvgIpc) is 2.57. The van der Waals surface area contributed by atoms with Crippen LogP contribution in [-0.4, -0.2) is 24.3 Å². The van der Waals surface area contributed by atoms with Crippen molar-refractivity contribution < 1.29 is 14.4 Å². The number of rotatable bonds is 4. The summed E-state index contributed by atoms with van der Waals surface area (Å²) in [6, 6.07) is 13.2. The number of hydrogen-bond acceptors (Lipinski definition) is 3. The molecule has 3 N–H and O–H groups in total. The van der Waals surface area contributed by atoms with Gasteiger partial charge in [-0.2, -0.15) is 0 Å². The third kappa shape index (κ3) is 5.68. The van der Waals surface area contributed by atoms with E-state index in [9.17, 15) is 14.4 Å². The Morgan fingerprint density at radius 1 is 0.833 bits per heavy atom. The minimum absolute atomic E-state index is 0.317. The molecule has 0 atom stereocenters. The molecule has 8 heteroatoms. The minimum atomic E-state index is -0.907.